The Kier molecular flexibility index (Phi) is 4.66. The first-order valence-electron chi connectivity index (χ1n) is 6.56. The summed E-state index contributed by atoms with van der Waals surface area (Å²) in [5.41, 5.74) is 0.599. The second-order valence-electron chi connectivity index (χ2n) is 4.50. The van der Waals surface area contributed by atoms with Crippen LogP contribution in [0, 0.1) is 0 Å². The van der Waals surface area contributed by atoms with Gasteiger partial charge in [-0.1, -0.05) is 42.5 Å². The lowest BCUT2D eigenvalue weighted by Crippen LogP contribution is -2.19. The molecule has 0 aliphatic rings. The van der Waals surface area contributed by atoms with Crippen molar-refractivity contribution in [3.8, 4) is 0 Å². The van der Waals surface area contributed by atoms with Crippen LogP contribution in [-0.4, -0.2) is 19.0 Å². The molecular weight excluding hydrogens is 262 g/mol. The van der Waals surface area contributed by atoms with Gasteiger partial charge in [0, 0.05) is 6.42 Å². The number of esters is 1. The zero-order chi connectivity index (χ0) is 14.5. The van der Waals surface area contributed by atoms with Gasteiger partial charge in [-0.3, -0.25) is 4.79 Å². The average Bonchev–Trinajstić information content (AvgIpc) is 2.44. The van der Waals surface area contributed by atoms with E-state index in [0.29, 0.717) is 5.56 Å². The van der Waals surface area contributed by atoms with Crippen molar-refractivity contribution in [1.29, 1.82) is 0 Å². The fraction of sp³-hybridized carbons (Fsp3) is 0.312. The van der Waals surface area contributed by atoms with Gasteiger partial charge >= 0.3 is 5.97 Å². The Morgan fingerprint density at radius 2 is 1.85 bits per heavy atom. The van der Waals surface area contributed by atoms with E-state index in [1.807, 2.05) is 30.3 Å². The predicted octanol–water partition coefficient (Wildman–Crippen LogP) is 4.14. The van der Waals surface area contributed by atoms with Gasteiger partial charge in [-0.05, 0) is 23.3 Å². The lowest BCUT2D eigenvalue weighted by molar-refractivity contribution is -0.146. The molecule has 1 atom stereocenters. The molecule has 0 saturated heterocycles. The molecule has 0 fully saturated rings. The van der Waals surface area contributed by atoms with Gasteiger partial charge in [0.2, 0.25) is 6.43 Å². The summed E-state index contributed by atoms with van der Waals surface area (Å²) in [5, 5.41) is 1.74. The zero-order valence-electron chi connectivity index (χ0n) is 11.2. The van der Waals surface area contributed by atoms with Crippen LogP contribution < -0.4 is 0 Å². The molecule has 0 amide bonds. The number of alkyl halides is 2. The minimum Gasteiger partial charge on any atom is -0.466 e. The number of carbonyl (C=O) groups excluding carboxylic acids is 1. The van der Waals surface area contributed by atoms with Gasteiger partial charge < -0.3 is 4.74 Å². The molecule has 106 valence electrons. The Morgan fingerprint density at radius 1 is 1.15 bits per heavy atom. The van der Waals surface area contributed by atoms with Crippen molar-refractivity contribution in [3.63, 3.8) is 0 Å². The molecule has 0 bridgehead atoms. The number of hydrogen-bond acceptors (Lipinski definition) is 2. The molecule has 0 aliphatic carbocycles. The Hall–Kier alpha value is -1.97. The highest BCUT2D eigenvalue weighted by Crippen LogP contribution is 2.30. The Balaban J connectivity index is 2.47. The monoisotopic (exact) mass is 278 g/mol. The van der Waals surface area contributed by atoms with Crippen molar-refractivity contribution in [1.82, 2.24) is 0 Å². The molecular formula is C16H16F2O2. The van der Waals surface area contributed by atoms with E-state index in [2.05, 4.69) is 0 Å². The van der Waals surface area contributed by atoms with E-state index >= 15 is 0 Å². The van der Waals surface area contributed by atoms with Crippen LogP contribution in [0.15, 0.2) is 42.5 Å². The molecule has 2 aromatic carbocycles. The summed E-state index contributed by atoms with van der Waals surface area (Å²) < 4.78 is 30.5. The van der Waals surface area contributed by atoms with Gasteiger partial charge in [-0.15, -0.1) is 0 Å². The molecule has 2 nitrogen and oxygen atoms in total. The number of ether oxygens (including phenoxy) is 1. The number of hydrogen-bond donors (Lipinski definition) is 0. The van der Waals surface area contributed by atoms with Crippen LogP contribution in [0.5, 0.6) is 0 Å². The third kappa shape index (κ3) is 3.13. The lowest BCUT2D eigenvalue weighted by atomic mass is 9.91. The van der Waals surface area contributed by atoms with E-state index < -0.39 is 24.7 Å². The van der Waals surface area contributed by atoms with E-state index in [9.17, 15) is 13.6 Å². The Bertz CT molecular complexity index is 591. The first-order valence-corrected chi connectivity index (χ1v) is 6.56. The van der Waals surface area contributed by atoms with Gasteiger partial charge in [0.25, 0.3) is 0 Å². The number of carbonyl (C=O) groups is 1. The van der Waals surface area contributed by atoms with Crippen molar-refractivity contribution < 1.29 is 18.3 Å². The highest BCUT2D eigenvalue weighted by molar-refractivity contribution is 5.91. The average molecular weight is 278 g/mol. The molecule has 0 heterocycles. The fourth-order valence-electron chi connectivity index (χ4n) is 2.33. The normalized spacial score (nSPS) is 12.6. The van der Waals surface area contributed by atoms with Crippen LogP contribution in [-0.2, 0) is 9.53 Å². The molecule has 0 radical (unpaired) electrons. The molecule has 2 aromatic rings. The quantitative estimate of drug-likeness (QED) is 0.768. The molecule has 0 aliphatic heterocycles. The third-order valence-corrected chi connectivity index (χ3v) is 3.18. The van der Waals surface area contributed by atoms with E-state index in [1.165, 1.54) is 0 Å². The molecule has 1 unspecified atom stereocenters. The smallest absolute Gasteiger partial charge is 0.313 e. The number of fused-ring (bicyclic) bond motifs is 1. The fourth-order valence-corrected chi connectivity index (χ4v) is 2.33. The van der Waals surface area contributed by atoms with E-state index in [-0.39, 0.29) is 6.61 Å². The Morgan fingerprint density at radius 3 is 2.55 bits per heavy atom. The SMILES string of the molecule is CCOC(=O)C(CC(F)F)c1cccc2ccccc12. The van der Waals surface area contributed by atoms with Gasteiger partial charge in [0.15, 0.2) is 0 Å². The molecule has 20 heavy (non-hydrogen) atoms. The van der Waals surface area contributed by atoms with Crippen molar-refractivity contribution in [2.24, 2.45) is 0 Å². The molecule has 2 rings (SSSR count). The highest BCUT2D eigenvalue weighted by atomic mass is 19.3. The summed E-state index contributed by atoms with van der Waals surface area (Å²) in [4.78, 5) is 12.0. The summed E-state index contributed by atoms with van der Waals surface area (Å²) in [6, 6.07) is 12.8. The lowest BCUT2D eigenvalue weighted by Gasteiger charge is -2.17. The predicted molar refractivity (Wildman–Crippen MR) is 73.9 cm³/mol. The maximum Gasteiger partial charge on any atom is 0.313 e. The van der Waals surface area contributed by atoms with Crippen LogP contribution in [0.25, 0.3) is 10.8 Å². The van der Waals surface area contributed by atoms with E-state index in [1.54, 1.807) is 19.1 Å². The maximum absolute atomic E-state index is 12.8. The second kappa shape index (κ2) is 6.46. The summed E-state index contributed by atoms with van der Waals surface area (Å²) >= 11 is 0. The van der Waals surface area contributed by atoms with Crippen LogP contribution >= 0.6 is 0 Å². The van der Waals surface area contributed by atoms with Gasteiger partial charge in [-0.25, -0.2) is 8.78 Å². The number of benzene rings is 2. The molecule has 4 heteroatoms. The first-order chi connectivity index (χ1) is 9.63. The number of halogens is 2. The van der Waals surface area contributed by atoms with E-state index in [4.69, 9.17) is 4.74 Å². The topological polar surface area (TPSA) is 26.3 Å². The molecule has 0 saturated carbocycles. The standard InChI is InChI=1S/C16H16F2O2/c1-2-20-16(19)14(10-15(17)18)13-9-5-7-11-6-3-4-8-12(11)13/h3-9,14-15H,2,10H2,1H3. The number of rotatable bonds is 5. The van der Waals surface area contributed by atoms with Gasteiger partial charge in [-0.2, -0.15) is 0 Å². The summed E-state index contributed by atoms with van der Waals surface area (Å²) in [6.07, 6.45) is -3.07. The summed E-state index contributed by atoms with van der Waals surface area (Å²) in [6.45, 7) is 1.85. The summed E-state index contributed by atoms with van der Waals surface area (Å²) in [5.74, 6) is -1.52. The van der Waals surface area contributed by atoms with Crippen LogP contribution in [0.1, 0.15) is 24.8 Å². The highest BCUT2D eigenvalue weighted by Gasteiger charge is 2.27. The second-order valence-corrected chi connectivity index (χ2v) is 4.50. The molecule has 0 aromatic heterocycles. The summed E-state index contributed by atoms with van der Waals surface area (Å²) in [7, 11) is 0. The van der Waals surface area contributed by atoms with E-state index in [0.717, 1.165) is 10.8 Å². The maximum atomic E-state index is 12.8. The van der Waals surface area contributed by atoms with Crippen molar-refractivity contribution in [3.05, 3.63) is 48.0 Å². The molecule has 0 N–H and O–H groups in total. The first kappa shape index (κ1) is 14.4. The van der Waals surface area contributed by atoms with Crippen LogP contribution in [0.3, 0.4) is 0 Å². The minimum absolute atomic E-state index is 0.184. The van der Waals surface area contributed by atoms with Gasteiger partial charge in [0.1, 0.15) is 0 Å². The van der Waals surface area contributed by atoms with Crippen molar-refractivity contribution >= 4 is 16.7 Å². The largest absolute Gasteiger partial charge is 0.466 e. The van der Waals surface area contributed by atoms with Crippen molar-refractivity contribution in [2.75, 3.05) is 6.61 Å². The van der Waals surface area contributed by atoms with Crippen LogP contribution in [0.4, 0.5) is 8.78 Å². The third-order valence-electron chi connectivity index (χ3n) is 3.18. The zero-order valence-corrected chi connectivity index (χ0v) is 11.2. The molecule has 0 spiro atoms. The van der Waals surface area contributed by atoms with Gasteiger partial charge in [0.05, 0.1) is 12.5 Å². The minimum atomic E-state index is -2.55. The Labute approximate surface area is 116 Å². The van der Waals surface area contributed by atoms with Crippen LogP contribution in [0.2, 0.25) is 0 Å². The van der Waals surface area contributed by atoms with Crippen molar-refractivity contribution in [2.45, 2.75) is 25.7 Å².